The number of aliphatic hydroxyl groups excluding tert-OH is 1. The van der Waals surface area contributed by atoms with Gasteiger partial charge in [-0.1, -0.05) is 20.3 Å². The Morgan fingerprint density at radius 2 is 1.66 bits per heavy atom. The van der Waals surface area contributed by atoms with Crippen molar-refractivity contribution < 1.29 is 29.1 Å². The molecule has 4 N–H and O–H groups in total. The van der Waals surface area contributed by atoms with E-state index in [0.29, 0.717) is 37.2 Å². The summed E-state index contributed by atoms with van der Waals surface area (Å²) in [6.07, 6.45) is 5.87. The Morgan fingerprint density at radius 1 is 0.971 bits per heavy atom. The number of imide groups is 1. The van der Waals surface area contributed by atoms with Crippen molar-refractivity contribution in [3.05, 3.63) is 36.2 Å². The second kappa shape index (κ2) is 13.3. The molecule has 0 bridgehead atoms. The Hall–Kier alpha value is -3.60. The molecule has 1 aliphatic heterocycles. The monoisotopic (exact) mass is 487 g/mol. The number of amides is 5. The number of anilines is 1. The van der Waals surface area contributed by atoms with E-state index in [2.05, 4.69) is 20.9 Å². The number of nitrogens with one attached hydrogen (secondary N) is 3. The lowest BCUT2D eigenvalue weighted by Gasteiger charge is -2.24. The molecule has 0 saturated carbocycles. The molecule has 2 rings (SSSR count). The van der Waals surface area contributed by atoms with Gasteiger partial charge in [0.1, 0.15) is 12.1 Å². The zero-order valence-electron chi connectivity index (χ0n) is 20.2. The number of nitrogens with zero attached hydrogens (tertiary/aromatic N) is 2. The van der Waals surface area contributed by atoms with Gasteiger partial charge in [-0.25, -0.2) is 0 Å². The van der Waals surface area contributed by atoms with Crippen molar-refractivity contribution >= 4 is 35.2 Å². The third kappa shape index (κ3) is 8.60. The van der Waals surface area contributed by atoms with Crippen LogP contribution in [0.15, 0.2) is 30.5 Å². The van der Waals surface area contributed by atoms with E-state index in [1.165, 1.54) is 25.3 Å². The number of pyridine rings is 1. The molecule has 35 heavy (non-hydrogen) atoms. The molecule has 0 unspecified atom stereocenters. The molecule has 0 aliphatic carbocycles. The molecular weight excluding hydrogens is 454 g/mol. The van der Waals surface area contributed by atoms with Gasteiger partial charge in [-0.15, -0.1) is 0 Å². The van der Waals surface area contributed by atoms with E-state index in [9.17, 15) is 24.0 Å². The van der Waals surface area contributed by atoms with Crippen LogP contribution in [0, 0.1) is 5.92 Å². The first-order valence-corrected chi connectivity index (χ1v) is 11.6. The van der Waals surface area contributed by atoms with Crippen LogP contribution in [0.2, 0.25) is 0 Å². The standard InChI is InChI=1S/C24H33N5O6/c1-15(2)22(28-19(31)7-5-4-6-12-29-20(32)10-11-21(29)33)24(35)26-16(3)23(34)27-17-8-9-18(14-30)25-13-17/h8-11,13,15-16,22,30H,4-7,12,14H2,1-3H3,(H,26,35)(H,27,34)(H,28,31)/t16-,22-/m0/s1. The lowest BCUT2D eigenvalue weighted by Crippen LogP contribution is -2.53. The van der Waals surface area contributed by atoms with Crippen LogP contribution < -0.4 is 16.0 Å². The van der Waals surface area contributed by atoms with Gasteiger partial charge < -0.3 is 21.1 Å². The molecule has 1 aromatic heterocycles. The van der Waals surface area contributed by atoms with Crippen LogP contribution in [-0.4, -0.2) is 63.2 Å². The van der Waals surface area contributed by atoms with Crippen LogP contribution in [0.25, 0.3) is 0 Å². The molecule has 0 saturated heterocycles. The molecule has 11 heteroatoms. The van der Waals surface area contributed by atoms with E-state index in [1.54, 1.807) is 26.0 Å². The summed E-state index contributed by atoms with van der Waals surface area (Å²) in [5.41, 5.74) is 0.894. The zero-order valence-corrected chi connectivity index (χ0v) is 20.2. The lowest BCUT2D eigenvalue weighted by molar-refractivity contribution is -0.137. The maximum Gasteiger partial charge on any atom is 0.253 e. The Morgan fingerprint density at radius 3 is 2.23 bits per heavy atom. The number of hydrogen-bond acceptors (Lipinski definition) is 7. The number of carbonyl (C=O) groups excluding carboxylic acids is 5. The number of aromatic nitrogens is 1. The summed E-state index contributed by atoms with van der Waals surface area (Å²) in [6.45, 7) is 5.23. The van der Waals surface area contributed by atoms with Gasteiger partial charge in [-0.3, -0.25) is 33.9 Å². The summed E-state index contributed by atoms with van der Waals surface area (Å²) in [5.74, 6) is -2.06. The fraction of sp³-hybridized carbons (Fsp3) is 0.500. The molecule has 5 amide bonds. The summed E-state index contributed by atoms with van der Waals surface area (Å²) in [6, 6.07) is 1.50. The lowest BCUT2D eigenvalue weighted by atomic mass is 10.0. The summed E-state index contributed by atoms with van der Waals surface area (Å²) < 4.78 is 0. The van der Waals surface area contributed by atoms with Crippen molar-refractivity contribution in [1.29, 1.82) is 0 Å². The van der Waals surface area contributed by atoms with E-state index in [-0.39, 0.29) is 36.7 Å². The van der Waals surface area contributed by atoms with Crippen molar-refractivity contribution in [1.82, 2.24) is 20.5 Å². The van der Waals surface area contributed by atoms with Gasteiger partial charge in [0, 0.05) is 25.1 Å². The van der Waals surface area contributed by atoms with Crippen molar-refractivity contribution in [2.24, 2.45) is 5.92 Å². The minimum atomic E-state index is -0.858. The Kier molecular flexibility index (Phi) is 10.5. The molecule has 190 valence electrons. The minimum absolute atomic E-state index is 0.198. The van der Waals surface area contributed by atoms with Gasteiger partial charge in [0.15, 0.2) is 0 Å². The molecule has 0 aromatic carbocycles. The van der Waals surface area contributed by atoms with Crippen molar-refractivity contribution in [2.75, 3.05) is 11.9 Å². The maximum atomic E-state index is 12.7. The number of unbranched alkanes of at least 4 members (excludes halogenated alkanes) is 2. The molecule has 11 nitrogen and oxygen atoms in total. The molecule has 0 radical (unpaired) electrons. The highest BCUT2D eigenvalue weighted by molar-refractivity contribution is 6.12. The third-order valence-electron chi connectivity index (χ3n) is 5.46. The van der Waals surface area contributed by atoms with Gasteiger partial charge in [0.2, 0.25) is 17.7 Å². The minimum Gasteiger partial charge on any atom is -0.390 e. The fourth-order valence-corrected chi connectivity index (χ4v) is 3.38. The van der Waals surface area contributed by atoms with Crippen LogP contribution in [-0.2, 0) is 30.6 Å². The second-order valence-corrected chi connectivity index (χ2v) is 8.68. The maximum absolute atomic E-state index is 12.7. The fourth-order valence-electron chi connectivity index (χ4n) is 3.38. The van der Waals surface area contributed by atoms with Crippen LogP contribution >= 0.6 is 0 Å². The number of rotatable bonds is 13. The summed E-state index contributed by atoms with van der Waals surface area (Å²) in [7, 11) is 0. The molecule has 0 spiro atoms. The van der Waals surface area contributed by atoms with E-state index < -0.39 is 23.9 Å². The summed E-state index contributed by atoms with van der Waals surface area (Å²) >= 11 is 0. The molecule has 2 heterocycles. The smallest absolute Gasteiger partial charge is 0.253 e. The Bertz CT molecular complexity index is 942. The van der Waals surface area contributed by atoms with E-state index in [1.807, 2.05) is 0 Å². The number of aliphatic hydroxyl groups is 1. The average molecular weight is 488 g/mol. The van der Waals surface area contributed by atoms with Crippen LogP contribution in [0.4, 0.5) is 5.69 Å². The zero-order chi connectivity index (χ0) is 26.0. The first kappa shape index (κ1) is 27.6. The Balaban J connectivity index is 1.75. The van der Waals surface area contributed by atoms with Crippen LogP contribution in [0.1, 0.15) is 52.1 Å². The predicted octanol–water partition coefficient (Wildman–Crippen LogP) is 0.643. The highest BCUT2D eigenvalue weighted by Crippen LogP contribution is 2.10. The summed E-state index contributed by atoms with van der Waals surface area (Å²) in [5, 5.41) is 17.0. The van der Waals surface area contributed by atoms with Gasteiger partial charge in [0.05, 0.1) is 24.2 Å². The van der Waals surface area contributed by atoms with Crippen LogP contribution in [0.3, 0.4) is 0 Å². The topological polar surface area (TPSA) is 158 Å². The van der Waals surface area contributed by atoms with Crippen molar-refractivity contribution in [3.63, 3.8) is 0 Å². The first-order valence-electron chi connectivity index (χ1n) is 11.6. The SMILES string of the molecule is CC(C)[C@H](NC(=O)CCCCCN1C(=O)C=CC1=O)C(=O)N[C@@H](C)C(=O)Nc1ccc(CO)nc1. The van der Waals surface area contributed by atoms with E-state index in [4.69, 9.17) is 5.11 Å². The molecule has 0 fully saturated rings. The molecular formula is C24H33N5O6. The van der Waals surface area contributed by atoms with Gasteiger partial charge in [-0.05, 0) is 37.8 Å². The first-order chi connectivity index (χ1) is 16.6. The van der Waals surface area contributed by atoms with Crippen molar-refractivity contribution in [2.45, 2.75) is 65.1 Å². The summed E-state index contributed by atoms with van der Waals surface area (Å²) in [4.78, 5) is 65.7. The average Bonchev–Trinajstić information content (AvgIpc) is 3.14. The quantitative estimate of drug-likeness (QED) is 0.235. The van der Waals surface area contributed by atoms with E-state index in [0.717, 1.165) is 4.90 Å². The second-order valence-electron chi connectivity index (χ2n) is 8.68. The predicted molar refractivity (Wildman–Crippen MR) is 127 cm³/mol. The molecule has 1 aliphatic rings. The van der Waals surface area contributed by atoms with Gasteiger partial charge >= 0.3 is 0 Å². The highest BCUT2D eigenvalue weighted by atomic mass is 16.3. The Labute approximate surface area is 204 Å². The largest absolute Gasteiger partial charge is 0.390 e. The number of carbonyl (C=O) groups is 5. The van der Waals surface area contributed by atoms with Crippen LogP contribution in [0.5, 0.6) is 0 Å². The van der Waals surface area contributed by atoms with Gasteiger partial charge in [0.25, 0.3) is 11.8 Å². The third-order valence-corrected chi connectivity index (χ3v) is 5.46. The normalized spacial score (nSPS) is 14.7. The molecule has 2 atom stereocenters. The number of hydrogen-bond donors (Lipinski definition) is 4. The highest BCUT2D eigenvalue weighted by Gasteiger charge is 2.27. The van der Waals surface area contributed by atoms with Crippen molar-refractivity contribution in [3.8, 4) is 0 Å². The van der Waals surface area contributed by atoms with E-state index >= 15 is 0 Å². The molecule has 1 aromatic rings. The van der Waals surface area contributed by atoms with Gasteiger partial charge in [-0.2, -0.15) is 0 Å².